The third kappa shape index (κ3) is 3.76. The van der Waals surface area contributed by atoms with Crippen LogP contribution in [-0.4, -0.2) is 62.4 Å². The predicted molar refractivity (Wildman–Crippen MR) is 84.0 cm³/mol. The highest BCUT2D eigenvalue weighted by atomic mass is 19.4. The monoisotopic (exact) mass is 361 g/mol. The summed E-state index contributed by atoms with van der Waals surface area (Å²) in [6.45, 7) is 3.32. The van der Waals surface area contributed by atoms with E-state index >= 15 is 0 Å². The smallest absolute Gasteiger partial charge is 0.378 e. The quantitative estimate of drug-likeness (QED) is 0.641. The van der Waals surface area contributed by atoms with Crippen LogP contribution in [0.4, 0.5) is 30.5 Å². The normalized spacial score (nSPS) is 19.2. The van der Waals surface area contributed by atoms with Crippen molar-refractivity contribution in [2.24, 2.45) is 0 Å². The van der Waals surface area contributed by atoms with Gasteiger partial charge in [0.15, 0.2) is 0 Å². The van der Waals surface area contributed by atoms with Crippen LogP contribution in [0.5, 0.6) is 0 Å². The van der Waals surface area contributed by atoms with Gasteiger partial charge in [0.1, 0.15) is 11.4 Å². The van der Waals surface area contributed by atoms with E-state index in [0.29, 0.717) is 52.5 Å². The summed E-state index contributed by atoms with van der Waals surface area (Å²) in [6, 6.07) is 0.773. The minimum Gasteiger partial charge on any atom is -0.378 e. The fourth-order valence-corrected chi connectivity index (χ4v) is 2.96. The molecule has 25 heavy (non-hydrogen) atoms. The van der Waals surface area contributed by atoms with Gasteiger partial charge in [-0.3, -0.25) is 10.1 Å². The van der Waals surface area contributed by atoms with E-state index in [1.165, 1.54) is 4.90 Å². The van der Waals surface area contributed by atoms with Crippen molar-refractivity contribution in [2.75, 3.05) is 62.3 Å². The number of piperazine rings is 1. The Morgan fingerprint density at radius 1 is 1.16 bits per heavy atom. The van der Waals surface area contributed by atoms with Crippen LogP contribution in [0.15, 0.2) is 6.07 Å². The number of pyridine rings is 1. The van der Waals surface area contributed by atoms with E-state index in [1.54, 1.807) is 4.90 Å². The largest absolute Gasteiger partial charge is 0.423 e. The van der Waals surface area contributed by atoms with Gasteiger partial charge in [-0.25, -0.2) is 4.98 Å². The second-order valence-electron chi connectivity index (χ2n) is 5.79. The van der Waals surface area contributed by atoms with Gasteiger partial charge < -0.3 is 19.9 Å². The van der Waals surface area contributed by atoms with Crippen LogP contribution >= 0.6 is 0 Å². The molecule has 0 amide bonds. The maximum Gasteiger partial charge on any atom is 0.423 e. The summed E-state index contributed by atoms with van der Waals surface area (Å²) in [5.74, 6) is -0.127. The summed E-state index contributed by atoms with van der Waals surface area (Å²) in [4.78, 5) is 17.9. The SMILES string of the molecule is O=[N+]([O-])c1c(C(F)(F)F)cc(N2CCOCC2)nc1N1CCNCC1. The van der Waals surface area contributed by atoms with Crippen LogP contribution in [0.2, 0.25) is 0 Å². The number of aromatic nitrogens is 1. The first-order valence-corrected chi connectivity index (χ1v) is 7.93. The Hall–Kier alpha value is -2.14. The molecule has 0 saturated carbocycles. The van der Waals surface area contributed by atoms with Gasteiger partial charge in [-0.05, 0) is 0 Å². The molecule has 3 rings (SSSR count). The molecular formula is C14H18F3N5O3. The molecule has 2 saturated heterocycles. The second-order valence-corrected chi connectivity index (χ2v) is 5.79. The Balaban J connectivity index is 2.13. The molecule has 0 bridgehead atoms. The van der Waals surface area contributed by atoms with Crippen molar-refractivity contribution in [3.63, 3.8) is 0 Å². The molecule has 3 heterocycles. The lowest BCUT2D eigenvalue weighted by molar-refractivity contribution is -0.387. The van der Waals surface area contributed by atoms with Crippen LogP contribution in [0.1, 0.15) is 5.56 Å². The number of hydrogen-bond donors (Lipinski definition) is 1. The lowest BCUT2D eigenvalue weighted by Crippen LogP contribution is -2.44. The Bertz CT molecular complexity index is 643. The lowest BCUT2D eigenvalue weighted by atomic mass is 10.1. The average molecular weight is 361 g/mol. The number of anilines is 2. The van der Waals surface area contributed by atoms with Gasteiger partial charge in [0.2, 0.25) is 5.82 Å². The molecule has 1 N–H and O–H groups in total. The van der Waals surface area contributed by atoms with Gasteiger partial charge >= 0.3 is 11.9 Å². The molecule has 1 aromatic heterocycles. The van der Waals surface area contributed by atoms with E-state index in [9.17, 15) is 23.3 Å². The molecule has 8 nitrogen and oxygen atoms in total. The molecule has 2 aliphatic rings. The average Bonchev–Trinajstić information content (AvgIpc) is 2.61. The number of alkyl halides is 3. The van der Waals surface area contributed by atoms with Gasteiger partial charge in [-0.1, -0.05) is 0 Å². The summed E-state index contributed by atoms with van der Waals surface area (Å²) in [6.07, 6.45) is -4.84. The fraction of sp³-hybridized carbons (Fsp3) is 0.643. The van der Waals surface area contributed by atoms with Crippen LogP contribution in [-0.2, 0) is 10.9 Å². The lowest BCUT2D eigenvalue weighted by Gasteiger charge is -2.32. The Morgan fingerprint density at radius 2 is 1.80 bits per heavy atom. The standard InChI is InChI=1S/C14H18F3N5O3/c15-14(16,17)10-9-11(20-5-7-25-8-6-20)19-13(12(10)22(23)24)21-3-1-18-2-4-21/h9,18H,1-8H2. The number of morpholine rings is 1. The van der Waals surface area contributed by atoms with Crippen molar-refractivity contribution >= 4 is 17.3 Å². The predicted octanol–water partition coefficient (Wildman–Crippen LogP) is 1.25. The number of ether oxygens (including phenoxy) is 1. The molecule has 2 aliphatic heterocycles. The maximum atomic E-state index is 13.5. The summed E-state index contributed by atoms with van der Waals surface area (Å²) in [7, 11) is 0. The van der Waals surface area contributed by atoms with Gasteiger partial charge in [0.25, 0.3) is 0 Å². The topological polar surface area (TPSA) is 83.8 Å². The molecule has 0 atom stereocenters. The molecule has 0 aromatic carbocycles. The molecule has 1 aromatic rings. The number of halogens is 3. The van der Waals surface area contributed by atoms with E-state index in [-0.39, 0.29) is 11.6 Å². The van der Waals surface area contributed by atoms with Gasteiger partial charge in [-0.15, -0.1) is 0 Å². The first-order chi connectivity index (χ1) is 11.9. The zero-order chi connectivity index (χ0) is 18.0. The minimum atomic E-state index is -4.84. The minimum absolute atomic E-state index is 0.0924. The van der Waals surface area contributed by atoms with Crippen LogP contribution in [0, 0.1) is 10.1 Å². The van der Waals surface area contributed by atoms with Crippen LogP contribution in [0.3, 0.4) is 0 Å². The maximum absolute atomic E-state index is 13.5. The number of nitrogens with one attached hydrogen (secondary N) is 1. The van der Waals surface area contributed by atoms with Crippen molar-refractivity contribution in [1.29, 1.82) is 0 Å². The van der Waals surface area contributed by atoms with E-state index in [0.717, 1.165) is 6.07 Å². The van der Waals surface area contributed by atoms with Crippen molar-refractivity contribution < 1.29 is 22.8 Å². The van der Waals surface area contributed by atoms with E-state index < -0.39 is 22.4 Å². The molecule has 0 unspecified atom stereocenters. The summed E-state index contributed by atoms with van der Waals surface area (Å²) >= 11 is 0. The Labute approximate surface area is 141 Å². The van der Waals surface area contributed by atoms with Crippen LogP contribution in [0.25, 0.3) is 0 Å². The molecule has 2 fully saturated rings. The number of nitrogens with zero attached hydrogens (tertiary/aromatic N) is 4. The molecule has 0 spiro atoms. The highest BCUT2D eigenvalue weighted by molar-refractivity contribution is 5.68. The summed E-state index contributed by atoms with van der Waals surface area (Å²) < 4.78 is 45.7. The highest BCUT2D eigenvalue weighted by Gasteiger charge is 2.43. The highest BCUT2D eigenvalue weighted by Crippen LogP contribution is 2.42. The summed E-state index contributed by atoms with van der Waals surface area (Å²) in [5, 5.41) is 14.5. The molecule has 0 radical (unpaired) electrons. The van der Waals surface area contributed by atoms with E-state index in [2.05, 4.69) is 10.3 Å². The van der Waals surface area contributed by atoms with Gasteiger partial charge in [-0.2, -0.15) is 13.2 Å². The van der Waals surface area contributed by atoms with Crippen LogP contribution < -0.4 is 15.1 Å². The van der Waals surface area contributed by atoms with Crippen molar-refractivity contribution in [2.45, 2.75) is 6.18 Å². The van der Waals surface area contributed by atoms with Crippen molar-refractivity contribution in [1.82, 2.24) is 10.3 Å². The fourth-order valence-electron chi connectivity index (χ4n) is 2.96. The molecule has 11 heteroatoms. The first-order valence-electron chi connectivity index (χ1n) is 7.93. The van der Waals surface area contributed by atoms with Gasteiger partial charge in [0.05, 0.1) is 18.1 Å². The van der Waals surface area contributed by atoms with Crippen molar-refractivity contribution in [3.05, 3.63) is 21.7 Å². The first kappa shape index (κ1) is 17.7. The molecule has 138 valence electrons. The van der Waals surface area contributed by atoms with Gasteiger partial charge in [0, 0.05) is 45.3 Å². The number of rotatable bonds is 3. The third-order valence-electron chi connectivity index (χ3n) is 4.20. The molecule has 0 aliphatic carbocycles. The Kier molecular flexibility index (Phi) is 4.95. The third-order valence-corrected chi connectivity index (χ3v) is 4.20. The zero-order valence-electron chi connectivity index (χ0n) is 13.4. The van der Waals surface area contributed by atoms with E-state index in [1.807, 2.05) is 0 Å². The Morgan fingerprint density at radius 3 is 2.36 bits per heavy atom. The van der Waals surface area contributed by atoms with Crippen molar-refractivity contribution in [3.8, 4) is 0 Å². The molecular weight excluding hydrogens is 343 g/mol. The number of hydrogen-bond acceptors (Lipinski definition) is 7. The second kappa shape index (κ2) is 7.00. The zero-order valence-corrected chi connectivity index (χ0v) is 13.4. The number of nitro groups is 1. The summed E-state index contributed by atoms with van der Waals surface area (Å²) in [5.41, 5.74) is -2.24. The van der Waals surface area contributed by atoms with E-state index in [4.69, 9.17) is 4.74 Å².